The predicted octanol–water partition coefficient (Wildman–Crippen LogP) is 1.33. The lowest BCUT2D eigenvalue weighted by molar-refractivity contribution is -0.116. The van der Waals surface area contributed by atoms with E-state index >= 15 is 0 Å². The molecule has 0 unspecified atom stereocenters. The van der Waals surface area contributed by atoms with Gasteiger partial charge in [-0.15, -0.1) is 0 Å². The third kappa shape index (κ3) is 3.71. The number of benzene rings is 1. The Kier molecular flexibility index (Phi) is 4.42. The van der Waals surface area contributed by atoms with Gasteiger partial charge in [-0.25, -0.2) is 9.18 Å². The van der Waals surface area contributed by atoms with Crippen molar-refractivity contribution in [3.63, 3.8) is 0 Å². The minimum atomic E-state index is -0.531. The van der Waals surface area contributed by atoms with Crippen LogP contribution in [0.1, 0.15) is 12.8 Å². The van der Waals surface area contributed by atoms with E-state index in [1.165, 1.54) is 27.3 Å². The van der Waals surface area contributed by atoms with E-state index in [4.69, 9.17) is 5.73 Å². The summed E-state index contributed by atoms with van der Waals surface area (Å²) < 4.78 is 16.4. The molecule has 0 saturated carbocycles. The fraction of sp³-hybridized carbons (Fsp3) is 0.286. The molecular weight excluding hydrogens is 275 g/mol. The Labute approximate surface area is 121 Å². The first-order chi connectivity index (χ1) is 9.97. The molecule has 0 saturated heterocycles. The molecule has 0 aliphatic rings. The molecule has 0 spiro atoms. The van der Waals surface area contributed by atoms with Gasteiger partial charge in [-0.3, -0.25) is 9.36 Å². The Morgan fingerprint density at radius 2 is 2.14 bits per heavy atom. The number of amides is 1. The third-order valence-corrected chi connectivity index (χ3v) is 3.09. The number of hydrogen-bond acceptors (Lipinski definition) is 3. The lowest BCUT2D eigenvalue weighted by Crippen LogP contribution is -2.22. The van der Waals surface area contributed by atoms with Crippen LogP contribution >= 0.6 is 0 Å². The Bertz CT molecular complexity index is 705. The predicted molar refractivity (Wildman–Crippen MR) is 78.3 cm³/mol. The Balaban J connectivity index is 1.86. The minimum Gasteiger partial charge on any atom is -0.399 e. The SMILES string of the molecule is Cn1ccn(CCCC(=O)Nc2cc(N)ccc2F)c1=O. The molecule has 2 rings (SSSR count). The molecule has 6 nitrogen and oxygen atoms in total. The van der Waals surface area contributed by atoms with Crippen molar-refractivity contribution < 1.29 is 9.18 Å². The summed E-state index contributed by atoms with van der Waals surface area (Å²) in [6.45, 7) is 0.437. The Morgan fingerprint density at radius 1 is 1.38 bits per heavy atom. The minimum absolute atomic E-state index is 0.0666. The van der Waals surface area contributed by atoms with E-state index in [0.717, 1.165) is 0 Å². The monoisotopic (exact) mass is 292 g/mol. The average Bonchev–Trinajstić information content (AvgIpc) is 2.75. The van der Waals surface area contributed by atoms with Crippen LogP contribution in [0.2, 0.25) is 0 Å². The first-order valence-electron chi connectivity index (χ1n) is 6.54. The summed E-state index contributed by atoms with van der Waals surface area (Å²) in [5.74, 6) is -0.847. The summed E-state index contributed by atoms with van der Waals surface area (Å²) in [5.41, 5.74) is 5.86. The smallest absolute Gasteiger partial charge is 0.327 e. The van der Waals surface area contributed by atoms with Crippen LogP contribution in [0.15, 0.2) is 35.4 Å². The van der Waals surface area contributed by atoms with Gasteiger partial charge >= 0.3 is 5.69 Å². The standard InChI is InChI=1S/C14H17FN4O2/c1-18-7-8-19(14(18)21)6-2-3-13(20)17-12-9-10(16)4-5-11(12)15/h4-5,7-9H,2-3,6,16H2,1H3,(H,17,20). The molecule has 112 valence electrons. The van der Waals surface area contributed by atoms with Gasteiger partial charge < -0.3 is 15.6 Å². The summed E-state index contributed by atoms with van der Waals surface area (Å²) in [4.78, 5) is 23.3. The largest absolute Gasteiger partial charge is 0.399 e. The van der Waals surface area contributed by atoms with Gasteiger partial charge in [0.15, 0.2) is 0 Å². The van der Waals surface area contributed by atoms with E-state index in [1.807, 2.05) is 0 Å². The van der Waals surface area contributed by atoms with E-state index in [-0.39, 0.29) is 23.7 Å². The molecule has 1 heterocycles. The number of carbonyl (C=O) groups excluding carboxylic acids is 1. The molecule has 1 aromatic heterocycles. The first kappa shape index (κ1) is 14.8. The van der Waals surface area contributed by atoms with Crippen molar-refractivity contribution in [3.8, 4) is 0 Å². The van der Waals surface area contributed by atoms with Crippen molar-refractivity contribution in [2.75, 3.05) is 11.1 Å². The van der Waals surface area contributed by atoms with E-state index in [9.17, 15) is 14.0 Å². The number of aromatic nitrogens is 2. The second kappa shape index (κ2) is 6.25. The molecule has 2 aromatic rings. The molecule has 0 aliphatic carbocycles. The molecule has 1 amide bonds. The molecule has 21 heavy (non-hydrogen) atoms. The van der Waals surface area contributed by atoms with Crippen molar-refractivity contribution >= 4 is 17.3 Å². The zero-order valence-corrected chi connectivity index (χ0v) is 11.7. The van der Waals surface area contributed by atoms with E-state index in [1.54, 1.807) is 19.4 Å². The highest BCUT2D eigenvalue weighted by Gasteiger charge is 2.08. The van der Waals surface area contributed by atoms with Crippen LogP contribution in [0.5, 0.6) is 0 Å². The molecule has 3 N–H and O–H groups in total. The molecule has 0 bridgehead atoms. The number of rotatable bonds is 5. The highest BCUT2D eigenvalue weighted by atomic mass is 19.1. The molecule has 0 atom stereocenters. The molecule has 0 aliphatic heterocycles. The number of nitrogens with two attached hydrogens (primary N) is 1. The highest BCUT2D eigenvalue weighted by Crippen LogP contribution is 2.17. The quantitative estimate of drug-likeness (QED) is 0.816. The number of nitrogens with zero attached hydrogens (tertiary/aromatic N) is 2. The van der Waals surface area contributed by atoms with Crippen molar-refractivity contribution in [3.05, 3.63) is 46.9 Å². The number of halogens is 1. The van der Waals surface area contributed by atoms with Gasteiger partial charge in [-0.1, -0.05) is 0 Å². The van der Waals surface area contributed by atoms with Crippen LogP contribution in [0.25, 0.3) is 0 Å². The van der Waals surface area contributed by atoms with Gasteiger partial charge in [0.1, 0.15) is 5.82 Å². The van der Waals surface area contributed by atoms with Gasteiger partial charge in [0, 0.05) is 38.1 Å². The Morgan fingerprint density at radius 3 is 2.81 bits per heavy atom. The topological polar surface area (TPSA) is 82.1 Å². The first-order valence-corrected chi connectivity index (χ1v) is 6.54. The summed E-state index contributed by atoms with van der Waals surface area (Å²) >= 11 is 0. The van der Waals surface area contributed by atoms with Crippen LogP contribution < -0.4 is 16.7 Å². The number of anilines is 2. The number of aryl methyl sites for hydroxylation is 2. The lowest BCUT2D eigenvalue weighted by Gasteiger charge is -2.07. The summed E-state index contributed by atoms with van der Waals surface area (Å²) in [7, 11) is 1.66. The van der Waals surface area contributed by atoms with E-state index in [0.29, 0.717) is 18.7 Å². The van der Waals surface area contributed by atoms with Crippen LogP contribution in [0.3, 0.4) is 0 Å². The zero-order chi connectivity index (χ0) is 15.4. The van der Waals surface area contributed by atoms with Crippen molar-refractivity contribution in [2.45, 2.75) is 19.4 Å². The fourth-order valence-electron chi connectivity index (χ4n) is 1.94. The molecule has 1 aromatic carbocycles. The number of nitrogens with one attached hydrogen (secondary N) is 1. The summed E-state index contributed by atoms with van der Waals surface area (Å²) in [6, 6.07) is 4.00. The second-order valence-electron chi connectivity index (χ2n) is 4.78. The summed E-state index contributed by atoms with van der Waals surface area (Å²) in [6.07, 6.45) is 4.00. The number of hydrogen-bond donors (Lipinski definition) is 2. The summed E-state index contributed by atoms with van der Waals surface area (Å²) in [5, 5.41) is 2.47. The molecule has 7 heteroatoms. The van der Waals surface area contributed by atoms with E-state index < -0.39 is 5.82 Å². The van der Waals surface area contributed by atoms with Crippen LogP contribution in [0.4, 0.5) is 15.8 Å². The maximum absolute atomic E-state index is 13.5. The second-order valence-corrected chi connectivity index (χ2v) is 4.78. The van der Waals surface area contributed by atoms with Gasteiger partial charge in [0.2, 0.25) is 5.91 Å². The number of carbonyl (C=O) groups is 1. The van der Waals surface area contributed by atoms with Crippen LogP contribution in [-0.2, 0) is 18.4 Å². The average molecular weight is 292 g/mol. The zero-order valence-electron chi connectivity index (χ0n) is 11.7. The molecular formula is C14H17FN4O2. The maximum atomic E-state index is 13.5. The maximum Gasteiger partial charge on any atom is 0.327 e. The van der Waals surface area contributed by atoms with Gasteiger partial charge in [-0.05, 0) is 24.6 Å². The molecule has 0 fully saturated rings. The van der Waals surface area contributed by atoms with Crippen molar-refractivity contribution in [2.24, 2.45) is 7.05 Å². The van der Waals surface area contributed by atoms with E-state index in [2.05, 4.69) is 5.32 Å². The number of nitrogen functional groups attached to an aromatic ring is 1. The lowest BCUT2D eigenvalue weighted by atomic mass is 10.2. The van der Waals surface area contributed by atoms with Crippen LogP contribution in [-0.4, -0.2) is 15.0 Å². The van der Waals surface area contributed by atoms with Crippen LogP contribution in [0, 0.1) is 5.82 Å². The number of imidazole rings is 1. The third-order valence-electron chi connectivity index (χ3n) is 3.09. The highest BCUT2D eigenvalue weighted by molar-refractivity contribution is 5.91. The molecule has 0 radical (unpaired) electrons. The normalized spacial score (nSPS) is 10.6. The fourth-order valence-corrected chi connectivity index (χ4v) is 1.94. The van der Waals surface area contributed by atoms with Gasteiger partial charge in [-0.2, -0.15) is 0 Å². The Hall–Kier alpha value is -2.57. The van der Waals surface area contributed by atoms with Gasteiger partial charge in [0.25, 0.3) is 0 Å². The van der Waals surface area contributed by atoms with Crippen molar-refractivity contribution in [1.82, 2.24) is 9.13 Å². The van der Waals surface area contributed by atoms with Crippen molar-refractivity contribution in [1.29, 1.82) is 0 Å². The van der Waals surface area contributed by atoms with Gasteiger partial charge in [0.05, 0.1) is 5.69 Å².